The van der Waals surface area contributed by atoms with Crippen LogP contribution < -0.4 is 0 Å². The fourth-order valence-corrected chi connectivity index (χ4v) is 1.51. The number of esters is 2. The molecule has 1 aliphatic carbocycles. The van der Waals surface area contributed by atoms with Gasteiger partial charge < -0.3 is 9.47 Å². The first-order chi connectivity index (χ1) is 6.63. The molecule has 78 valence electrons. The Labute approximate surface area is 82.9 Å². The van der Waals surface area contributed by atoms with Crippen LogP contribution in [0.4, 0.5) is 0 Å². The zero-order valence-electron chi connectivity index (χ0n) is 8.36. The molecule has 1 aliphatic rings. The number of ether oxygens (including phenoxy) is 2. The summed E-state index contributed by atoms with van der Waals surface area (Å²) in [5.74, 6) is -0.758. The van der Waals surface area contributed by atoms with Gasteiger partial charge in [-0.1, -0.05) is 6.08 Å². The number of rotatable bonds is 2. The van der Waals surface area contributed by atoms with Crippen molar-refractivity contribution in [2.24, 2.45) is 5.92 Å². The summed E-state index contributed by atoms with van der Waals surface area (Å²) >= 11 is 0. The zero-order chi connectivity index (χ0) is 10.6. The van der Waals surface area contributed by atoms with E-state index in [2.05, 4.69) is 4.74 Å². The minimum atomic E-state index is -0.329. The van der Waals surface area contributed by atoms with Gasteiger partial charge in [0, 0.05) is 13.3 Å². The number of carbonyl (C=O) groups is 2. The molecule has 14 heavy (non-hydrogen) atoms. The molecule has 0 amide bonds. The van der Waals surface area contributed by atoms with Crippen LogP contribution in [0.25, 0.3) is 0 Å². The molecular weight excluding hydrogens is 184 g/mol. The van der Waals surface area contributed by atoms with Gasteiger partial charge in [-0.3, -0.25) is 9.59 Å². The average molecular weight is 198 g/mol. The van der Waals surface area contributed by atoms with Crippen LogP contribution in [0.5, 0.6) is 0 Å². The molecule has 1 unspecified atom stereocenters. The Kier molecular flexibility index (Phi) is 3.68. The fraction of sp³-hybridized carbons (Fsp3) is 0.600. The normalized spacial score (nSPS) is 25.6. The van der Waals surface area contributed by atoms with Gasteiger partial charge in [-0.15, -0.1) is 0 Å². The van der Waals surface area contributed by atoms with Crippen molar-refractivity contribution in [1.29, 1.82) is 0 Å². The second-order valence-corrected chi connectivity index (χ2v) is 3.27. The molecule has 2 atom stereocenters. The Balaban J connectivity index is 2.51. The van der Waals surface area contributed by atoms with Gasteiger partial charge in [-0.25, -0.2) is 0 Å². The van der Waals surface area contributed by atoms with Crippen LogP contribution >= 0.6 is 0 Å². The van der Waals surface area contributed by atoms with Gasteiger partial charge in [0.05, 0.1) is 13.0 Å². The molecular formula is C10H14O4. The maximum Gasteiger partial charge on any atom is 0.309 e. The SMILES string of the molecule is COC(=O)[C@H]1CC=CC(OC(C)=O)C1. The molecule has 0 saturated heterocycles. The second-order valence-electron chi connectivity index (χ2n) is 3.27. The molecule has 0 aromatic rings. The van der Waals surface area contributed by atoms with Crippen molar-refractivity contribution in [2.75, 3.05) is 7.11 Å². The van der Waals surface area contributed by atoms with E-state index in [-0.39, 0.29) is 24.0 Å². The van der Waals surface area contributed by atoms with Crippen LogP contribution in [0.3, 0.4) is 0 Å². The summed E-state index contributed by atoms with van der Waals surface area (Å²) in [6, 6.07) is 0. The molecule has 0 saturated carbocycles. The molecule has 4 nitrogen and oxygen atoms in total. The summed E-state index contributed by atoms with van der Waals surface area (Å²) in [5.41, 5.74) is 0. The lowest BCUT2D eigenvalue weighted by Crippen LogP contribution is -2.26. The third-order valence-corrected chi connectivity index (χ3v) is 2.14. The Morgan fingerprint density at radius 2 is 2.14 bits per heavy atom. The second kappa shape index (κ2) is 4.79. The van der Waals surface area contributed by atoms with E-state index in [9.17, 15) is 9.59 Å². The first kappa shape index (κ1) is 10.8. The molecule has 0 spiro atoms. The van der Waals surface area contributed by atoms with Crippen LogP contribution in [0.2, 0.25) is 0 Å². The molecule has 0 fully saturated rings. The highest BCUT2D eigenvalue weighted by atomic mass is 16.5. The Morgan fingerprint density at radius 1 is 1.43 bits per heavy atom. The molecule has 0 heterocycles. The highest BCUT2D eigenvalue weighted by Gasteiger charge is 2.26. The van der Waals surface area contributed by atoms with E-state index < -0.39 is 0 Å². The number of hydrogen-bond donors (Lipinski definition) is 0. The first-order valence-corrected chi connectivity index (χ1v) is 4.55. The van der Waals surface area contributed by atoms with Gasteiger partial charge in [0.25, 0.3) is 0 Å². The number of hydrogen-bond acceptors (Lipinski definition) is 4. The smallest absolute Gasteiger partial charge is 0.309 e. The lowest BCUT2D eigenvalue weighted by Gasteiger charge is -2.22. The lowest BCUT2D eigenvalue weighted by atomic mass is 9.92. The molecule has 0 aromatic carbocycles. The molecule has 1 rings (SSSR count). The van der Waals surface area contributed by atoms with Crippen molar-refractivity contribution in [3.63, 3.8) is 0 Å². The largest absolute Gasteiger partial charge is 0.469 e. The van der Waals surface area contributed by atoms with Gasteiger partial charge in [0.1, 0.15) is 6.10 Å². The van der Waals surface area contributed by atoms with E-state index >= 15 is 0 Å². The fourth-order valence-electron chi connectivity index (χ4n) is 1.51. The molecule has 0 aromatic heterocycles. The van der Waals surface area contributed by atoms with Gasteiger partial charge in [0.2, 0.25) is 0 Å². The van der Waals surface area contributed by atoms with Crippen molar-refractivity contribution >= 4 is 11.9 Å². The third-order valence-electron chi connectivity index (χ3n) is 2.14. The summed E-state index contributed by atoms with van der Waals surface area (Å²) in [7, 11) is 1.36. The third kappa shape index (κ3) is 2.87. The molecule has 0 N–H and O–H groups in total. The monoisotopic (exact) mass is 198 g/mol. The van der Waals surface area contributed by atoms with Crippen LogP contribution in [0, 0.1) is 5.92 Å². The van der Waals surface area contributed by atoms with Gasteiger partial charge >= 0.3 is 11.9 Å². The predicted octanol–water partition coefficient (Wildman–Crippen LogP) is 1.06. The topological polar surface area (TPSA) is 52.6 Å². The highest BCUT2D eigenvalue weighted by molar-refractivity contribution is 5.73. The quantitative estimate of drug-likeness (QED) is 0.491. The minimum absolute atomic E-state index is 0.186. The van der Waals surface area contributed by atoms with E-state index in [1.807, 2.05) is 6.08 Å². The van der Waals surface area contributed by atoms with E-state index in [0.29, 0.717) is 12.8 Å². The standard InChI is InChI=1S/C10H14O4/c1-7(11)14-9-5-3-4-8(6-9)10(12)13-2/h3,5,8-9H,4,6H2,1-2H3/t8-,9?/m0/s1. The van der Waals surface area contributed by atoms with Crippen LogP contribution in [0.15, 0.2) is 12.2 Å². The van der Waals surface area contributed by atoms with Crippen molar-refractivity contribution in [1.82, 2.24) is 0 Å². The van der Waals surface area contributed by atoms with E-state index in [4.69, 9.17) is 4.74 Å². The number of allylic oxidation sites excluding steroid dienone is 1. The summed E-state index contributed by atoms with van der Waals surface area (Å²) in [5, 5.41) is 0. The summed E-state index contributed by atoms with van der Waals surface area (Å²) in [4.78, 5) is 21.9. The average Bonchev–Trinajstić information content (AvgIpc) is 2.16. The van der Waals surface area contributed by atoms with E-state index in [1.54, 1.807) is 6.08 Å². The summed E-state index contributed by atoms with van der Waals surface area (Å²) < 4.78 is 9.61. The van der Waals surface area contributed by atoms with Gasteiger partial charge in [-0.05, 0) is 12.5 Å². The maximum atomic E-state index is 11.2. The predicted molar refractivity (Wildman–Crippen MR) is 49.4 cm³/mol. The first-order valence-electron chi connectivity index (χ1n) is 4.55. The summed E-state index contributed by atoms with van der Waals surface area (Å²) in [6.45, 7) is 1.36. The maximum absolute atomic E-state index is 11.2. The van der Waals surface area contributed by atoms with Crippen molar-refractivity contribution in [3.8, 4) is 0 Å². The van der Waals surface area contributed by atoms with Crippen molar-refractivity contribution in [2.45, 2.75) is 25.9 Å². The number of methoxy groups -OCH3 is 1. The lowest BCUT2D eigenvalue weighted by molar-refractivity contribution is -0.151. The van der Waals surface area contributed by atoms with Gasteiger partial charge in [-0.2, -0.15) is 0 Å². The Hall–Kier alpha value is -1.32. The molecule has 0 radical (unpaired) electrons. The highest BCUT2D eigenvalue weighted by Crippen LogP contribution is 2.21. The number of carbonyl (C=O) groups excluding carboxylic acids is 2. The van der Waals surface area contributed by atoms with Crippen molar-refractivity contribution in [3.05, 3.63) is 12.2 Å². The Bertz CT molecular complexity index is 257. The van der Waals surface area contributed by atoms with Gasteiger partial charge in [0.15, 0.2) is 0 Å². The van der Waals surface area contributed by atoms with Crippen LogP contribution in [-0.4, -0.2) is 25.2 Å². The molecule has 0 aliphatic heterocycles. The summed E-state index contributed by atoms with van der Waals surface area (Å²) in [6.07, 6.45) is 4.54. The van der Waals surface area contributed by atoms with E-state index in [0.717, 1.165) is 0 Å². The molecule has 4 heteroatoms. The van der Waals surface area contributed by atoms with Crippen molar-refractivity contribution < 1.29 is 19.1 Å². The van der Waals surface area contributed by atoms with E-state index in [1.165, 1.54) is 14.0 Å². The van der Waals surface area contributed by atoms with Crippen LogP contribution in [0.1, 0.15) is 19.8 Å². The minimum Gasteiger partial charge on any atom is -0.469 e. The van der Waals surface area contributed by atoms with Crippen LogP contribution in [-0.2, 0) is 19.1 Å². The Morgan fingerprint density at radius 3 is 2.71 bits per heavy atom. The molecule has 0 bridgehead atoms. The zero-order valence-corrected chi connectivity index (χ0v) is 8.36.